The first-order valence-electron chi connectivity index (χ1n) is 4.35. The van der Waals surface area contributed by atoms with Crippen molar-refractivity contribution < 1.29 is 4.79 Å². The van der Waals surface area contributed by atoms with Crippen molar-refractivity contribution in [3.8, 4) is 0 Å². The minimum absolute atomic E-state index is 0.0820. The Bertz CT molecular complexity index is 277. The lowest BCUT2D eigenvalue weighted by molar-refractivity contribution is -0.114. The molecule has 14 heavy (non-hydrogen) atoms. The molecule has 0 atom stereocenters. The average molecular weight is 196 g/mol. The Morgan fingerprint density at radius 3 is 2.64 bits per heavy atom. The molecule has 0 saturated heterocycles. The van der Waals surface area contributed by atoms with Crippen LogP contribution in [0.4, 0.5) is 0 Å². The van der Waals surface area contributed by atoms with E-state index in [1.54, 1.807) is 6.92 Å². The van der Waals surface area contributed by atoms with Crippen molar-refractivity contribution in [3.63, 3.8) is 0 Å². The zero-order chi connectivity index (χ0) is 11.1. The van der Waals surface area contributed by atoms with Gasteiger partial charge in [-0.25, -0.2) is 4.99 Å². The lowest BCUT2D eigenvalue weighted by atomic mass is 10.3. The number of amidine groups is 1. The molecule has 0 heterocycles. The summed E-state index contributed by atoms with van der Waals surface area (Å²) >= 11 is 0. The number of hydrogen-bond acceptors (Lipinski definition) is 3. The first-order valence-corrected chi connectivity index (χ1v) is 4.35. The summed E-state index contributed by atoms with van der Waals surface area (Å²) in [5, 5.41) is 9.95. The van der Waals surface area contributed by atoms with Crippen LogP contribution in [0, 0.1) is 5.41 Å². The molecule has 0 fully saturated rings. The molecule has 0 aliphatic rings. The number of nitrogens with zero attached hydrogens (tertiary/aromatic N) is 1. The van der Waals surface area contributed by atoms with E-state index in [0.29, 0.717) is 6.54 Å². The van der Waals surface area contributed by atoms with E-state index in [-0.39, 0.29) is 17.2 Å². The zero-order valence-electron chi connectivity index (χ0n) is 8.55. The normalized spacial score (nSPS) is 10.9. The Morgan fingerprint density at radius 2 is 2.21 bits per heavy atom. The lowest BCUT2D eigenvalue weighted by Crippen LogP contribution is -2.31. The Kier molecular flexibility index (Phi) is 5.21. The number of carbonyl (C=O) groups is 1. The van der Waals surface area contributed by atoms with Gasteiger partial charge in [0.2, 0.25) is 0 Å². The van der Waals surface area contributed by atoms with Crippen LogP contribution >= 0.6 is 0 Å². The second-order valence-corrected chi connectivity index (χ2v) is 2.83. The van der Waals surface area contributed by atoms with E-state index in [2.05, 4.69) is 16.9 Å². The number of aliphatic imine (C=N–C) groups is 1. The van der Waals surface area contributed by atoms with E-state index in [4.69, 9.17) is 11.1 Å². The van der Waals surface area contributed by atoms with Crippen LogP contribution in [-0.2, 0) is 4.79 Å². The number of rotatable bonds is 5. The molecule has 0 unspecified atom stereocenters. The highest BCUT2D eigenvalue weighted by atomic mass is 16.1. The van der Waals surface area contributed by atoms with Gasteiger partial charge >= 0.3 is 0 Å². The summed E-state index contributed by atoms with van der Waals surface area (Å²) in [5.74, 6) is -0.190. The van der Waals surface area contributed by atoms with Crippen LogP contribution < -0.4 is 11.1 Å². The molecule has 0 aromatic carbocycles. The Labute approximate surface area is 83.6 Å². The summed E-state index contributed by atoms with van der Waals surface area (Å²) < 4.78 is 0. The molecule has 0 saturated carbocycles. The van der Waals surface area contributed by atoms with E-state index in [1.807, 2.05) is 6.92 Å². The van der Waals surface area contributed by atoms with Crippen molar-refractivity contribution >= 4 is 17.5 Å². The lowest BCUT2D eigenvalue weighted by Gasteiger charge is -2.04. The van der Waals surface area contributed by atoms with Crippen LogP contribution in [0.3, 0.4) is 0 Å². The van der Waals surface area contributed by atoms with Gasteiger partial charge < -0.3 is 11.1 Å². The molecule has 0 radical (unpaired) electrons. The molecular weight excluding hydrogens is 180 g/mol. The van der Waals surface area contributed by atoms with Gasteiger partial charge in [-0.1, -0.05) is 13.5 Å². The molecule has 5 nitrogen and oxygen atoms in total. The number of carbonyl (C=O) groups excluding carboxylic acids is 1. The van der Waals surface area contributed by atoms with Crippen LogP contribution in [0.15, 0.2) is 17.3 Å². The van der Waals surface area contributed by atoms with Gasteiger partial charge in [0.1, 0.15) is 5.71 Å². The summed E-state index contributed by atoms with van der Waals surface area (Å²) in [7, 11) is 0. The smallest absolute Gasteiger partial charge is 0.271 e. The van der Waals surface area contributed by atoms with Gasteiger partial charge in [-0.15, -0.1) is 0 Å². The molecule has 78 valence electrons. The van der Waals surface area contributed by atoms with Crippen molar-refractivity contribution in [1.82, 2.24) is 5.32 Å². The van der Waals surface area contributed by atoms with Crippen molar-refractivity contribution in [2.24, 2.45) is 10.7 Å². The van der Waals surface area contributed by atoms with Crippen LogP contribution in [0.1, 0.15) is 20.3 Å². The van der Waals surface area contributed by atoms with Crippen molar-refractivity contribution in [2.75, 3.05) is 6.54 Å². The fourth-order valence-corrected chi connectivity index (χ4v) is 0.727. The van der Waals surface area contributed by atoms with Gasteiger partial charge in [0.25, 0.3) is 5.91 Å². The van der Waals surface area contributed by atoms with E-state index in [0.717, 1.165) is 6.42 Å². The largest absolute Gasteiger partial charge is 0.387 e. The molecule has 5 heteroatoms. The zero-order valence-corrected chi connectivity index (χ0v) is 8.55. The van der Waals surface area contributed by atoms with E-state index in [9.17, 15) is 4.79 Å². The maximum atomic E-state index is 11.2. The minimum atomic E-state index is -0.471. The quantitative estimate of drug-likeness (QED) is 0.439. The Morgan fingerprint density at radius 1 is 1.64 bits per heavy atom. The SMILES string of the molecule is C=C(N=C(C)N)C(=N)C(=O)NCCC. The van der Waals surface area contributed by atoms with Crippen LogP contribution in [-0.4, -0.2) is 24.0 Å². The average Bonchev–Trinajstić information content (AvgIpc) is 2.11. The van der Waals surface area contributed by atoms with Gasteiger partial charge in [-0.2, -0.15) is 0 Å². The summed E-state index contributed by atoms with van der Waals surface area (Å²) in [5.41, 5.74) is 5.13. The van der Waals surface area contributed by atoms with E-state index in [1.165, 1.54) is 0 Å². The monoisotopic (exact) mass is 196 g/mol. The Balaban J connectivity index is 4.26. The fourth-order valence-electron chi connectivity index (χ4n) is 0.727. The molecule has 0 aromatic rings. The first kappa shape index (κ1) is 12.3. The third-order valence-electron chi connectivity index (χ3n) is 1.36. The standard InChI is InChI=1S/C9H16N4O/c1-4-5-12-9(14)8(11)6(2)13-7(3)10/h11H,2,4-5H2,1,3H3,(H2,10,13)(H,12,14). The minimum Gasteiger partial charge on any atom is -0.387 e. The van der Waals surface area contributed by atoms with Crippen LogP contribution in [0.5, 0.6) is 0 Å². The number of nitrogens with two attached hydrogens (primary N) is 1. The van der Waals surface area contributed by atoms with Crippen LogP contribution in [0.25, 0.3) is 0 Å². The summed E-state index contributed by atoms with van der Waals surface area (Å²) in [6.45, 7) is 7.52. The maximum Gasteiger partial charge on any atom is 0.271 e. The van der Waals surface area contributed by atoms with E-state index >= 15 is 0 Å². The molecule has 0 aliphatic heterocycles. The van der Waals surface area contributed by atoms with Crippen LogP contribution in [0.2, 0.25) is 0 Å². The molecule has 4 N–H and O–H groups in total. The van der Waals surface area contributed by atoms with Crippen molar-refractivity contribution in [2.45, 2.75) is 20.3 Å². The molecule has 1 amide bonds. The van der Waals surface area contributed by atoms with Gasteiger partial charge in [0, 0.05) is 6.54 Å². The number of nitrogens with one attached hydrogen (secondary N) is 2. The van der Waals surface area contributed by atoms with Gasteiger partial charge in [0.05, 0.1) is 11.5 Å². The third kappa shape index (κ3) is 4.39. The predicted molar refractivity (Wildman–Crippen MR) is 57.5 cm³/mol. The van der Waals surface area contributed by atoms with Gasteiger partial charge in [-0.05, 0) is 13.3 Å². The second kappa shape index (κ2) is 5.90. The summed E-state index contributed by atoms with van der Waals surface area (Å²) in [6.07, 6.45) is 0.824. The molecule has 0 aliphatic carbocycles. The Hall–Kier alpha value is -1.65. The topological polar surface area (TPSA) is 91.3 Å². The molecule has 0 rings (SSSR count). The second-order valence-electron chi connectivity index (χ2n) is 2.83. The van der Waals surface area contributed by atoms with E-state index < -0.39 is 5.91 Å². The highest BCUT2D eigenvalue weighted by molar-refractivity contribution is 6.44. The molecule has 0 spiro atoms. The molecule has 0 bridgehead atoms. The van der Waals surface area contributed by atoms with Gasteiger partial charge in [-0.3, -0.25) is 10.2 Å². The van der Waals surface area contributed by atoms with Gasteiger partial charge in [0.15, 0.2) is 0 Å². The highest BCUT2D eigenvalue weighted by Crippen LogP contribution is 1.95. The maximum absolute atomic E-state index is 11.2. The van der Waals surface area contributed by atoms with Crippen molar-refractivity contribution in [3.05, 3.63) is 12.3 Å². The summed E-state index contributed by atoms with van der Waals surface area (Å²) in [4.78, 5) is 14.9. The molecule has 0 aromatic heterocycles. The van der Waals surface area contributed by atoms with Crippen molar-refractivity contribution in [1.29, 1.82) is 5.41 Å². The summed E-state index contributed by atoms with van der Waals surface area (Å²) in [6, 6.07) is 0. The molecular formula is C9H16N4O. The number of hydrogen-bond donors (Lipinski definition) is 3. The number of amides is 1. The third-order valence-corrected chi connectivity index (χ3v) is 1.36. The highest BCUT2D eigenvalue weighted by Gasteiger charge is 2.11. The fraction of sp³-hybridized carbons (Fsp3) is 0.444. The predicted octanol–water partition coefficient (Wildman–Crippen LogP) is 0.423. The first-order chi connectivity index (χ1) is 6.49.